The minimum absolute atomic E-state index is 0.292. The Kier molecular flexibility index (Phi) is 6.15. The van der Waals surface area contributed by atoms with Crippen LogP contribution in [0.25, 0.3) is 0 Å². The molecule has 0 amide bonds. The van der Waals surface area contributed by atoms with E-state index in [2.05, 4.69) is 71.7 Å². The molecule has 0 bridgehead atoms. The van der Waals surface area contributed by atoms with E-state index in [1.54, 1.807) is 11.8 Å². The maximum atomic E-state index is 3.66. The zero-order valence-corrected chi connectivity index (χ0v) is 15.3. The van der Waals surface area contributed by atoms with E-state index in [4.69, 9.17) is 0 Å². The topological polar surface area (TPSA) is 12.0 Å². The van der Waals surface area contributed by atoms with Gasteiger partial charge in [-0.3, -0.25) is 0 Å². The number of halogens is 1. The molecule has 0 fully saturated rings. The van der Waals surface area contributed by atoms with Gasteiger partial charge in [-0.2, -0.15) is 0 Å². The average Bonchev–Trinajstić information content (AvgIpc) is 2.79. The van der Waals surface area contributed by atoms with Crippen molar-refractivity contribution < 1.29 is 0 Å². The molecule has 0 radical (unpaired) electrons. The Bertz CT molecular complexity index is 529. The van der Waals surface area contributed by atoms with Gasteiger partial charge in [0.1, 0.15) is 0 Å². The van der Waals surface area contributed by atoms with Gasteiger partial charge in [-0.05, 0) is 65.8 Å². The highest BCUT2D eigenvalue weighted by molar-refractivity contribution is 9.10. The second kappa shape index (κ2) is 7.64. The SMILES string of the molecule is CCCNC(c1ccc(SC)cc1)c1cc(Br)c(C)s1. The highest BCUT2D eigenvalue weighted by Gasteiger charge is 2.16. The van der Waals surface area contributed by atoms with Crippen molar-refractivity contribution in [3.63, 3.8) is 0 Å². The molecule has 1 nitrogen and oxygen atoms in total. The van der Waals surface area contributed by atoms with Gasteiger partial charge in [0.05, 0.1) is 6.04 Å². The molecule has 20 heavy (non-hydrogen) atoms. The lowest BCUT2D eigenvalue weighted by molar-refractivity contribution is 0.605. The van der Waals surface area contributed by atoms with Gasteiger partial charge >= 0.3 is 0 Å². The van der Waals surface area contributed by atoms with Crippen molar-refractivity contribution in [1.29, 1.82) is 0 Å². The summed E-state index contributed by atoms with van der Waals surface area (Å²) in [7, 11) is 0. The van der Waals surface area contributed by atoms with E-state index in [-0.39, 0.29) is 0 Å². The molecule has 1 aromatic carbocycles. The van der Waals surface area contributed by atoms with E-state index in [9.17, 15) is 0 Å². The Morgan fingerprint density at radius 1 is 1.30 bits per heavy atom. The van der Waals surface area contributed by atoms with Crippen LogP contribution in [0.3, 0.4) is 0 Å². The third kappa shape index (κ3) is 3.88. The number of thiophene rings is 1. The highest BCUT2D eigenvalue weighted by atomic mass is 79.9. The van der Waals surface area contributed by atoms with Gasteiger partial charge < -0.3 is 5.32 Å². The van der Waals surface area contributed by atoms with Crippen LogP contribution in [0.4, 0.5) is 0 Å². The molecule has 0 saturated heterocycles. The second-order valence-electron chi connectivity index (χ2n) is 4.71. The van der Waals surface area contributed by atoms with Gasteiger partial charge in [-0.1, -0.05) is 19.1 Å². The number of aryl methyl sites for hydroxylation is 1. The van der Waals surface area contributed by atoms with E-state index in [0.29, 0.717) is 6.04 Å². The van der Waals surface area contributed by atoms with Crippen LogP contribution in [0.2, 0.25) is 0 Å². The van der Waals surface area contributed by atoms with Crippen LogP contribution in [-0.4, -0.2) is 12.8 Å². The molecular formula is C16H20BrNS2. The fourth-order valence-corrected chi connectivity index (χ4v) is 4.16. The Labute approximate surface area is 138 Å². The third-order valence-corrected chi connectivity index (χ3v) is 6.15. The average molecular weight is 370 g/mol. The van der Waals surface area contributed by atoms with E-state index in [1.165, 1.54) is 24.7 Å². The van der Waals surface area contributed by atoms with E-state index >= 15 is 0 Å². The number of benzene rings is 1. The van der Waals surface area contributed by atoms with Crippen molar-refractivity contribution in [2.75, 3.05) is 12.8 Å². The minimum atomic E-state index is 0.292. The zero-order chi connectivity index (χ0) is 14.5. The predicted octanol–water partition coefficient (Wildman–Crippen LogP) is 5.63. The first-order chi connectivity index (χ1) is 9.65. The molecule has 1 heterocycles. The van der Waals surface area contributed by atoms with Gasteiger partial charge in [-0.25, -0.2) is 0 Å². The summed E-state index contributed by atoms with van der Waals surface area (Å²) in [5.74, 6) is 0. The summed E-state index contributed by atoms with van der Waals surface area (Å²) in [6, 6.07) is 11.4. The molecule has 0 aliphatic carbocycles. The first-order valence-electron chi connectivity index (χ1n) is 6.79. The summed E-state index contributed by atoms with van der Waals surface area (Å²) in [6.45, 7) is 5.39. The molecule has 0 spiro atoms. The monoisotopic (exact) mass is 369 g/mol. The Hall–Kier alpha value is -0.290. The lowest BCUT2D eigenvalue weighted by Crippen LogP contribution is -2.22. The molecule has 0 aliphatic heterocycles. The first-order valence-corrected chi connectivity index (χ1v) is 9.62. The van der Waals surface area contributed by atoms with E-state index < -0.39 is 0 Å². The predicted molar refractivity (Wildman–Crippen MR) is 95.1 cm³/mol. The van der Waals surface area contributed by atoms with Gasteiger partial charge in [0, 0.05) is 19.1 Å². The molecule has 108 valence electrons. The molecule has 1 aromatic heterocycles. The largest absolute Gasteiger partial charge is 0.306 e. The number of thioether (sulfide) groups is 1. The first kappa shape index (κ1) is 16.1. The zero-order valence-electron chi connectivity index (χ0n) is 12.1. The Morgan fingerprint density at radius 3 is 2.50 bits per heavy atom. The van der Waals surface area contributed by atoms with Crippen LogP contribution in [0, 0.1) is 6.92 Å². The molecule has 2 rings (SSSR count). The van der Waals surface area contributed by atoms with Gasteiger partial charge in [-0.15, -0.1) is 23.1 Å². The number of hydrogen-bond acceptors (Lipinski definition) is 3. The third-order valence-electron chi connectivity index (χ3n) is 3.21. The van der Waals surface area contributed by atoms with Crippen LogP contribution in [0.15, 0.2) is 39.7 Å². The maximum absolute atomic E-state index is 3.66. The smallest absolute Gasteiger partial charge is 0.0671 e. The van der Waals surface area contributed by atoms with Gasteiger partial charge in [0.15, 0.2) is 0 Å². The van der Waals surface area contributed by atoms with Crippen molar-refractivity contribution in [2.45, 2.75) is 31.2 Å². The van der Waals surface area contributed by atoms with E-state index in [1.807, 2.05) is 11.3 Å². The lowest BCUT2D eigenvalue weighted by atomic mass is 10.1. The van der Waals surface area contributed by atoms with Crippen molar-refractivity contribution in [2.24, 2.45) is 0 Å². The lowest BCUT2D eigenvalue weighted by Gasteiger charge is -2.18. The molecule has 0 aliphatic rings. The van der Waals surface area contributed by atoms with Gasteiger partial charge in [0.25, 0.3) is 0 Å². The van der Waals surface area contributed by atoms with Crippen LogP contribution in [-0.2, 0) is 0 Å². The number of rotatable bonds is 6. The second-order valence-corrected chi connectivity index (χ2v) is 7.74. The Balaban J connectivity index is 2.30. The molecule has 1 unspecified atom stereocenters. The summed E-state index contributed by atoms with van der Waals surface area (Å²) in [5, 5.41) is 3.66. The van der Waals surface area contributed by atoms with Gasteiger partial charge in [0.2, 0.25) is 0 Å². The van der Waals surface area contributed by atoms with Crippen LogP contribution in [0.1, 0.15) is 34.7 Å². The van der Waals surface area contributed by atoms with Crippen molar-refractivity contribution in [3.05, 3.63) is 50.1 Å². The minimum Gasteiger partial charge on any atom is -0.306 e. The summed E-state index contributed by atoms with van der Waals surface area (Å²) >= 11 is 7.27. The maximum Gasteiger partial charge on any atom is 0.0671 e. The molecular weight excluding hydrogens is 350 g/mol. The van der Waals surface area contributed by atoms with Crippen molar-refractivity contribution >= 4 is 39.0 Å². The standard InChI is InChI=1S/C16H20BrNS2/c1-4-9-18-16(15-10-14(17)11(2)20-15)12-5-7-13(19-3)8-6-12/h5-8,10,16,18H,4,9H2,1-3H3. The van der Waals surface area contributed by atoms with Crippen molar-refractivity contribution in [1.82, 2.24) is 5.32 Å². The summed E-state index contributed by atoms with van der Waals surface area (Å²) in [6.07, 6.45) is 3.26. The van der Waals surface area contributed by atoms with E-state index in [0.717, 1.165) is 13.0 Å². The van der Waals surface area contributed by atoms with Crippen LogP contribution in [0.5, 0.6) is 0 Å². The van der Waals surface area contributed by atoms with Crippen LogP contribution < -0.4 is 5.32 Å². The quantitative estimate of drug-likeness (QED) is 0.662. The summed E-state index contributed by atoms with van der Waals surface area (Å²) < 4.78 is 1.21. The Morgan fingerprint density at radius 2 is 2.00 bits per heavy atom. The van der Waals surface area contributed by atoms with Crippen LogP contribution >= 0.6 is 39.0 Å². The van der Waals surface area contributed by atoms with Crippen molar-refractivity contribution in [3.8, 4) is 0 Å². The normalized spacial score (nSPS) is 12.6. The summed E-state index contributed by atoms with van der Waals surface area (Å²) in [5.41, 5.74) is 1.34. The molecule has 4 heteroatoms. The summed E-state index contributed by atoms with van der Waals surface area (Å²) in [4.78, 5) is 4.02. The number of hydrogen-bond donors (Lipinski definition) is 1. The highest BCUT2D eigenvalue weighted by Crippen LogP contribution is 2.34. The molecule has 0 saturated carbocycles. The fourth-order valence-electron chi connectivity index (χ4n) is 2.09. The fraction of sp³-hybridized carbons (Fsp3) is 0.375. The molecule has 2 aromatic rings. The molecule has 1 N–H and O–H groups in total. The number of nitrogens with one attached hydrogen (secondary N) is 1. The molecule has 1 atom stereocenters.